The molecule has 3 aromatic heterocycles. The van der Waals surface area contributed by atoms with Crippen LogP contribution in [-0.4, -0.2) is 108 Å². The monoisotopic (exact) mass is 1010 g/mol. The van der Waals surface area contributed by atoms with Crippen LogP contribution in [0.1, 0.15) is 83.9 Å². The number of nitrogens with two attached hydrogens (primary N) is 1. The molecule has 0 spiro atoms. The second-order valence-corrected chi connectivity index (χ2v) is 19.8. The number of alkyl halides is 3. The van der Waals surface area contributed by atoms with Gasteiger partial charge in [-0.05, 0) is 68.1 Å². The fourth-order valence-corrected chi connectivity index (χ4v) is 10.4. The molecule has 6 heterocycles. The summed E-state index contributed by atoms with van der Waals surface area (Å²) >= 11 is 0. The Hall–Kier alpha value is -7.96. The van der Waals surface area contributed by atoms with Crippen LogP contribution in [0.2, 0.25) is 0 Å². The Bertz CT molecular complexity index is 3340. The molecular weight excluding hydrogens is 969 g/mol. The molecule has 2 saturated heterocycles. The summed E-state index contributed by atoms with van der Waals surface area (Å²) in [5, 5.41) is 16.5. The van der Waals surface area contributed by atoms with Gasteiger partial charge in [0.05, 0.1) is 70.8 Å². The topological polar surface area (TPSA) is 249 Å². The van der Waals surface area contributed by atoms with Crippen molar-refractivity contribution in [3.8, 4) is 28.1 Å². The van der Waals surface area contributed by atoms with E-state index in [1.165, 1.54) is 53.5 Å². The van der Waals surface area contributed by atoms with E-state index < -0.39 is 69.2 Å². The minimum atomic E-state index is -5.11. The number of anilines is 3. The average Bonchev–Trinajstić information content (AvgIpc) is 4.04. The highest BCUT2D eigenvalue weighted by molar-refractivity contribution is 7.93. The van der Waals surface area contributed by atoms with Crippen molar-refractivity contribution in [3.63, 3.8) is 0 Å². The smallest absolute Gasteiger partial charge is 0.383 e. The van der Waals surface area contributed by atoms with Crippen molar-refractivity contribution in [2.75, 3.05) is 28.9 Å². The maximum Gasteiger partial charge on any atom is 0.383 e. The first-order chi connectivity index (χ1) is 34.3. The van der Waals surface area contributed by atoms with Gasteiger partial charge in [-0.3, -0.25) is 43.5 Å². The van der Waals surface area contributed by atoms with Gasteiger partial charge in [0.2, 0.25) is 11.8 Å². The van der Waals surface area contributed by atoms with Gasteiger partial charge in [0, 0.05) is 54.3 Å². The van der Waals surface area contributed by atoms with Gasteiger partial charge in [0.1, 0.15) is 35.2 Å². The van der Waals surface area contributed by atoms with E-state index in [-0.39, 0.29) is 78.9 Å². The van der Waals surface area contributed by atoms with Gasteiger partial charge < -0.3 is 15.8 Å². The van der Waals surface area contributed by atoms with Crippen LogP contribution >= 0.6 is 0 Å². The minimum absolute atomic E-state index is 0.000661. The maximum absolute atomic E-state index is 16.2. The predicted octanol–water partition coefficient (Wildman–Crippen LogP) is 6.00. The average molecular weight is 1010 g/mol. The van der Waals surface area contributed by atoms with E-state index in [4.69, 9.17) is 15.6 Å². The van der Waals surface area contributed by atoms with Gasteiger partial charge >= 0.3 is 11.6 Å². The van der Waals surface area contributed by atoms with E-state index in [1.807, 2.05) is 10.9 Å². The molecule has 2 atom stereocenters. The summed E-state index contributed by atoms with van der Waals surface area (Å²) in [4.78, 5) is 70.3. The van der Waals surface area contributed by atoms with Crippen molar-refractivity contribution in [1.29, 1.82) is 0 Å². The van der Waals surface area contributed by atoms with Crippen LogP contribution in [-0.2, 0) is 26.7 Å². The van der Waals surface area contributed by atoms with Crippen LogP contribution in [0.25, 0.3) is 33.3 Å². The van der Waals surface area contributed by atoms with Crippen molar-refractivity contribution in [1.82, 2.24) is 39.8 Å². The Morgan fingerprint density at radius 1 is 0.944 bits per heavy atom. The third-order valence-electron chi connectivity index (χ3n) is 13.5. The molecule has 20 nitrogen and oxygen atoms in total. The van der Waals surface area contributed by atoms with E-state index in [0.29, 0.717) is 56.6 Å². The normalized spacial score (nSPS) is 20.9. The number of hydrazine groups is 1. The Balaban J connectivity index is 0.811. The van der Waals surface area contributed by atoms with Crippen LogP contribution in [0.3, 0.4) is 0 Å². The molecule has 3 fully saturated rings. The molecule has 10 rings (SSSR count). The molecule has 3 aliphatic heterocycles. The molecule has 1 aliphatic carbocycles. The van der Waals surface area contributed by atoms with E-state index in [2.05, 4.69) is 20.7 Å². The number of benzene rings is 3. The number of nitroso groups, excluding NO2 is 1. The third-order valence-corrected chi connectivity index (χ3v) is 14.5. The molecule has 72 heavy (non-hydrogen) atoms. The Morgan fingerprint density at radius 3 is 2.39 bits per heavy atom. The second-order valence-electron chi connectivity index (χ2n) is 18.2. The lowest BCUT2D eigenvalue weighted by Gasteiger charge is -2.38. The lowest BCUT2D eigenvalue weighted by Crippen LogP contribution is -2.59. The van der Waals surface area contributed by atoms with Gasteiger partial charge in [-0.15, -0.1) is 5.01 Å². The molecule has 6 aromatic rings. The first-order valence-corrected chi connectivity index (χ1v) is 24.4. The number of halogens is 4. The molecule has 1 saturated carbocycles. The van der Waals surface area contributed by atoms with Gasteiger partial charge in [-0.25, -0.2) is 17.8 Å². The summed E-state index contributed by atoms with van der Waals surface area (Å²) in [6, 6.07) is 12.3. The van der Waals surface area contributed by atoms with E-state index >= 15 is 4.39 Å². The number of amides is 4. The molecule has 4 amide bonds. The minimum Gasteiger partial charge on any atom is -0.484 e. The number of nitrogen functional groups attached to an aromatic ring is 1. The number of pyridine rings is 1. The number of rotatable bonds is 14. The first-order valence-electron chi connectivity index (χ1n) is 22.8. The number of nitrogens with zero attached hydrogens (tertiary/aromatic N) is 8. The van der Waals surface area contributed by atoms with Crippen LogP contribution < -0.4 is 25.8 Å². The highest BCUT2D eigenvalue weighted by Crippen LogP contribution is 2.44. The molecule has 0 radical (unpaired) electrons. The zero-order valence-electron chi connectivity index (χ0n) is 38.4. The standard InChI is InChI=1S/C47H44F4N12O8S/c1-24(25-6-9-28(48)10-7-25)71-36-18-26(8-11-33(36)58-72(69,70)46(49)50)40-39-41(59(2)57-40)32(22-53-42(39)52)27-21-54-61(23-27)30-14-16-60(17-15-30)63(68)47(51)19-29(20-47)55-34-5-3-4-31-38(34)45(67)62(44(31)66)35-12-13-37(64)56-43(35)65/h3-11,18,21-24,29-30,35,46H,12-17,19-20H2,1-2H3,(H4-,52,53,55,56,57,58,64,65,67)/p+1/t24-,29?,35?,47?/m0/s1. The summed E-state index contributed by atoms with van der Waals surface area (Å²) in [5.74, 6) is -9.06. The number of fused-ring (bicyclic) bond motifs is 2. The fraction of sp³-hybridized carbons (Fsp3) is 0.340. The molecule has 4 aliphatic rings. The van der Waals surface area contributed by atoms with Crippen molar-refractivity contribution >= 4 is 61.7 Å². The van der Waals surface area contributed by atoms with Crippen LogP contribution in [0.5, 0.6) is 5.75 Å². The highest BCUT2D eigenvalue weighted by Gasteiger charge is 2.61. The number of imide groups is 2. The number of carbonyl (C=O) groups excluding carboxylic acids is 4. The zero-order valence-corrected chi connectivity index (χ0v) is 39.2. The summed E-state index contributed by atoms with van der Waals surface area (Å²) in [7, 11) is -3.41. The fourth-order valence-electron chi connectivity index (χ4n) is 9.83. The number of piperidine rings is 2. The van der Waals surface area contributed by atoms with Gasteiger partial charge in [0.15, 0.2) is 4.87 Å². The van der Waals surface area contributed by atoms with E-state index in [9.17, 15) is 45.7 Å². The number of ether oxygens (including phenoxy) is 1. The largest absolute Gasteiger partial charge is 0.484 e. The van der Waals surface area contributed by atoms with Gasteiger partial charge in [0.25, 0.3) is 21.8 Å². The SMILES string of the molecule is C[C@H](Oc1cc(-c2nn(C)c3c(-c4cnn(C5CCN([N+](=O)C6(F)CC(Nc7cccc8c7C(=O)N(C7CCC(=O)NC7=O)C8=O)C6)CC5)c4)cnc(N)c23)ccc1NS(=O)(=O)C(F)F)c1ccc(F)cc1. The number of carbonyl (C=O) groups is 4. The summed E-state index contributed by atoms with van der Waals surface area (Å²) < 4.78 is 92.7. The first kappa shape index (κ1) is 47.7. The number of nitrogens with one attached hydrogen (secondary N) is 3. The molecule has 0 bridgehead atoms. The predicted molar refractivity (Wildman–Crippen MR) is 251 cm³/mol. The summed E-state index contributed by atoms with van der Waals surface area (Å²) in [6.45, 7) is 2.07. The van der Waals surface area contributed by atoms with Crippen LogP contribution in [0.15, 0.2) is 79.3 Å². The summed E-state index contributed by atoms with van der Waals surface area (Å²) in [5.41, 5.74) is 9.63. The molecule has 1 unspecified atom stereocenters. The van der Waals surface area contributed by atoms with Crippen LogP contribution in [0, 0.1) is 10.7 Å². The van der Waals surface area contributed by atoms with Crippen molar-refractivity contribution in [3.05, 3.63) is 107 Å². The van der Waals surface area contributed by atoms with Crippen molar-refractivity contribution in [2.24, 2.45) is 7.05 Å². The molecule has 374 valence electrons. The molecule has 25 heteroatoms. The molecular formula is C47H45F4N12O8S+. The Morgan fingerprint density at radius 2 is 1.68 bits per heavy atom. The van der Waals surface area contributed by atoms with E-state index in [1.54, 1.807) is 47.9 Å². The third kappa shape index (κ3) is 8.49. The van der Waals surface area contributed by atoms with Gasteiger partial charge in [-0.1, -0.05) is 24.3 Å². The molecule has 3 aromatic carbocycles. The second kappa shape index (κ2) is 18.0. The number of hydrogen-bond donors (Lipinski definition) is 4. The number of aryl methyl sites for hydroxylation is 1. The number of aromatic nitrogens is 5. The van der Waals surface area contributed by atoms with Crippen LogP contribution in [0.4, 0.5) is 34.8 Å². The maximum atomic E-state index is 16.2. The number of sulfonamides is 1. The summed E-state index contributed by atoms with van der Waals surface area (Å²) in [6.07, 6.45) is 4.72. The Kier molecular flexibility index (Phi) is 11.9. The van der Waals surface area contributed by atoms with Crippen molar-refractivity contribution in [2.45, 2.75) is 81.2 Å². The van der Waals surface area contributed by atoms with Gasteiger partial charge in [-0.2, -0.15) is 23.4 Å². The molecule has 5 N–H and O–H groups in total. The zero-order chi connectivity index (χ0) is 51.0. The Labute approximate surface area is 407 Å². The highest BCUT2D eigenvalue weighted by atomic mass is 32.2. The van der Waals surface area contributed by atoms with E-state index in [0.717, 1.165) is 4.90 Å². The quantitative estimate of drug-likeness (QED) is 0.0423. The number of hydrogen-bond acceptors (Lipinski definition) is 13. The lowest BCUT2D eigenvalue weighted by atomic mass is 9.84. The lowest BCUT2D eigenvalue weighted by molar-refractivity contribution is -0.798. The van der Waals surface area contributed by atoms with Crippen molar-refractivity contribution < 1.29 is 54.8 Å².